The number of hydrogen-bond acceptors (Lipinski definition) is 6. The molecule has 0 spiro atoms. The number of nitrogens with zero attached hydrogens (tertiary/aromatic N) is 1. The van der Waals surface area contributed by atoms with Crippen molar-refractivity contribution in [2.24, 2.45) is 0 Å². The molecule has 3 aromatic carbocycles. The lowest BCUT2D eigenvalue weighted by Gasteiger charge is -2.31. The molecule has 1 saturated carbocycles. The second kappa shape index (κ2) is 13.2. The van der Waals surface area contributed by atoms with Crippen molar-refractivity contribution in [2.75, 3.05) is 13.7 Å². The van der Waals surface area contributed by atoms with Crippen LogP contribution in [-0.2, 0) is 21.3 Å². The van der Waals surface area contributed by atoms with Crippen LogP contribution in [0.1, 0.15) is 47.2 Å². The number of carbonyl (C=O) groups is 1. The Hall–Kier alpha value is -3.24. The summed E-state index contributed by atoms with van der Waals surface area (Å²) >= 11 is 0. The summed E-state index contributed by atoms with van der Waals surface area (Å²) in [7, 11) is -2.61. The fourth-order valence-corrected chi connectivity index (χ4v) is 6.03. The fourth-order valence-electron chi connectivity index (χ4n) is 4.73. The zero-order chi connectivity index (χ0) is 27.8. The molecule has 1 aliphatic carbocycles. The Labute approximate surface area is 230 Å². The minimum absolute atomic E-state index is 0.0250. The van der Waals surface area contributed by atoms with E-state index in [1.165, 1.54) is 19.2 Å². The molecule has 0 saturated heterocycles. The minimum Gasteiger partial charge on any atom is -0.497 e. The van der Waals surface area contributed by atoms with Crippen molar-refractivity contribution >= 4 is 15.9 Å². The summed E-state index contributed by atoms with van der Waals surface area (Å²) in [6, 6.07) is 21.9. The summed E-state index contributed by atoms with van der Waals surface area (Å²) in [4.78, 5) is 19.3. The van der Waals surface area contributed by atoms with Gasteiger partial charge in [0.25, 0.3) is 15.9 Å². The number of amides is 1. The second-order valence-corrected chi connectivity index (χ2v) is 11.7. The van der Waals surface area contributed by atoms with E-state index in [-0.39, 0.29) is 23.5 Å². The molecule has 8 nitrogen and oxygen atoms in total. The van der Waals surface area contributed by atoms with Crippen molar-refractivity contribution in [3.63, 3.8) is 0 Å². The maximum absolute atomic E-state index is 13.7. The Morgan fingerprint density at radius 1 is 1.00 bits per heavy atom. The van der Waals surface area contributed by atoms with Crippen LogP contribution in [0.2, 0.25) is 0 Å². The van der Waals surface area contributed by atoms with Crippen LogP contribution in [0.25, 0.3) is 0 Å². The Kier molecular flexibility index (Phi) is 9.74. The normalized spacial score (nSPS) is 15.7. The van der Waals surface area contributed by atoms with Gasteiger partial charge in [0.05, 0.1) is 36.8 Å². The Bertz CT molecular complexity index is 1330. The molecule has 0 unspecified atom stereocenters. The Balaban J connectivity index is 1.61. The van der Waals surface area contributed by atoms with E-state index in [2.05, 4.69) is 5.32 Å². The molecular weight excluding hydrogens is 516 g/mol. The highest BCUT2D eigenvalue weighted by Crippen LogP contribution is 2.27. The number of benzene rings is 3. The first-order valence-electron chi connectivity index (χ1n) is 13.2. The van der Waals surface area contributed by atoms with Gasteiger partial charge < -0.3 is 15.2 Å². The van der Waals surface area contributed by atoms with Gasteiger partial charge in [0.15, 0.2) is 0 Å². The van der Waals surface area contributed by atoms with Crippen LogP contribution in [0.4, 0.5) is 0 Å². The van der Waals surface area contributed by atoms with Crippen molar-refractivity contribution in [1.82, 2.24) is 9.79 Å². The van der Waals surface area contributed by atoms with Crippen LogP contribution in [0.5, 0.6) is 5.75 Å². The van der Waals surface area contributed by atoms with Crippen LogP contribution in [0, 0.1) is 6.92 Å². The van der Waals surface area contributed by atoms with Crippen LogP contribution < -0.4 is 10.1 Å². The maximum Gasteiger partial charge on any atom is 0.265 e. The number of hydrogen-bond donors (Lipinski definition) is 2. The zero-order valence-corrected chi connectivity index (χ0v) is 23.1. The summed E-state index contributed by atoms with van der Waals surface area (Å²) < 4.78 is 33.4. The molecule has 9 heteroatoms. The van der Waals surface area contributed by atoms with Crippen LogP contribution in [-0.4, -0.2) is 55.8 Å². The summed E-state index contributed by atoms with van der Waals surface area (Å²) in [5.74, 6) is 0.188. The van der Waals surface area contributed by atoms with Crippen molar-refractivity contribution in [3.8, 4) is 5.75 Å². The lowest BCUT2D eigenvalue weighted by Crippen LogP contribution is -2.51. The number of hydroxylamine groups is 1. The van der Waals surface area contributed by atoms with Gasteiger partial charge in [-0.05, 0) is 67.6 Å². The smallest absolute Gasteiger partial charge is 0.265 e. The van der Waals surface area contributed by atoms with E-state index in [1.807, 2.05) is 49.4 Å². The number of aryl methyl sites for hydroxylation is 1. The molecule has 1 fully saturated rings. The summed E-state index contributed by atoms with van der Waals surface area (Å²) in [5.41, 5.74) is 2.19. The third-order valence-electron chi connectivity index (χ3n) is 7.00. The molecule has 4 rings (SSSR count). The van der Waals surface area contributed by atoms with E-state index in [4.69, 9.17) is 9.57 Å². The number of aliphatic hydroxyl groups is 1. The van der Waals surface area contributed by atoms with Crippen molar-refractivity contribution < 1.29 is 27.9 Å². The number of ether oxygens (including phenoxy) is 1. The number of rotatable bonds is 12. The van der Waals surface area contributed by atoms with Gasteiger partial charge in [0, 0.05) is 5.56 Å². The van der Waals surface area contributed by atoms with Crippen molar-refractivity contribution in [2.45, 2.75) is 62.2 Å². The molecule has 3 aromatic rings. The minimum atomic E-state index is -4.12. The average Bonchev–Trinajstić information content (AvgIpc) is 3.46. The predicted octanol–water partition coefficient (Wildman–Crippen LogP) is 4.27. The molecule has 1 aliphatic rings. The molecule has 1 amide bonds. The topological polar surface area (TPSA) is 105 Å². The van der Waals surface area contributed by atoms with Gasteiger partial charge in [-0.1, -0.05) is 65.8 Å². The molecule has 2 N–H and O–H groups in total. The number of sulfonamides is 1. The van der Waals surface area contributed by atoms with Crippen molar-refractivity contribution in [3.05, 3.63) is 95.6 Å². The predicted molar refractivity (Wildman–Crippen MR) is 149 cm³/mol. The van der Waals surface area contributed by atoms with Gasteiger partial charge in [-0.25, -0.2) is 8.42 Å². The lowest BCUT2D eigenvalue weighted by atomic mass is 10.00. The van der Waals surface area contributed by atoms with Crippen LogP contribution in [0.15, 0.2) is 83.8 Å². The maximum atomic E-state index is 13.7. The molecule has 0 bridgehead atoms. The highest BCUT2D eigenvalue weighted by Gasteiger charge is 2.34. The first-order valence-corrected chi connectivity index (χ1v) is 14.6. The molecule has 2 atom stereocenters. The molecule has 39 heavy (non-hydrogen) atoms. The SMILES string of the molecule is COc1ccc(S(=O)(=O)N(C[C@@H](O)[C@H](Cc2ccccc2)NC(=O)c2ccccc2C)OC2CCCC2)cc1. The van der Waals surface area contributed by atoms with Crippen molar-refractivity contribution in [1.29, 1.82) is 0 Å². The first kappa shape index (κ1) is 28.8. The number of aliphatic hydroxyl groups excluding tert-OH is 1. The summed E-state index contributed by atoms with van der Waals surface area (Å²) in [6.07, 6.45) is 2.16. The monoisotopic (exact) mass is 552 g/mol. The lowest BCUT2D eigenvalue weighted by molar-refractivity contribution is -0.145. The van der Waals surface area contributed by atoms with Gasteiger partial charge in [0.1, 0.15) is 5.75 Å². The first-order chi connectivity index (χ1) is 18.8. The fraction of sp³-hybridized carbons (Fsp3) is 0.367. The van der Waals surface area contributed by atoms with Gasteiger partial charge in [-0.2, -0.15) is 0 Å². The van der Waals surface area contributed by atoms with E-state index < -0.39 is 22.2 Å². The zero-order valence-electron chi connectivity index (χ0n) is 22.3. The van der Waals surface area contributed by atoms with E-state index in [0.29, 0.717) is 17.7 Å². The quantitative estimate of drug-likeness (QED) is 0.325. The highest BCUT2D eigenvalue weighted by atomic mass is 32.2. The summed E-state index contributed by atoms with van der Waals surface area (Å²) in [5, 5.41) is 14.4. The van der Waals surface area contributed by atoms with Crippen LogP contribution >= 0.6 is 0 Å². The number of carbonyl (C=O) groups excluding carboxylic acids is 1. The second-order valence-electron chi connectivity index (χ2n) is 9.83. The molecule has 208 valence electrons. The van der Waals surface area contributed by atoms with Gasteiger partial charge in [-0.3, -0.25) is 9.63 Å². The summed E-state index contributed by atoms with van der Waals surface area (Å²) in [6.45, 7) is 1.49. The van der Waals surface area contributed by atoms with Crippen LogP contribution in [0.3, 0.4) is 0 Å². The number of methoxy groups -OCH3 is 1. The average molecular weight is 553 g/mol. The molecule has 0 aliphatic heterocycles. The molecular formula is C30H36N2O6S. The van der Waals surface area contributed by atoms with E-state index in [0.717, 1.165) is 41.3 Å². The van der Waals surface area contributed by atoms with E-state index in [9.17, 15) is 18.3 Å². The largest absolute Gasteiger partial charge is 0.497 e. The third-order valence-corrected chi connectivity index (χ3v) is 8.64. The number of nitrogens with one attached hydrogen (secondary N) is 1. The Morgan fingerprint density at radius 2 is 1.64 bits per heavy atom. The molecule has 0 heterocycles. The van der Waals surface area contributed by atoms with Gasteiger partial charge in [0.2, 0.25) is 0 Å². The van der Waals surface area contributed by atoms with Gasteiger partial charge in [-0.15, -0.1) is 0 Å². The van der Waals surface area contributed by atoms with E-state index in [1.54, 1.807) is 24.3 Å². The highest BCUT2D eigenvalue weighted by molar-refractivity contribution is 7.89. The van der Waals surface area contributed by atoms with E-state index >= 15 is 0 Å². The Morgan fingerprint density at radius 3 is 2.28 bits per heavy atom. The third kappa shape index (κ3) is 7.45. The van der Waals surface area contributed by atoms with Gasteiger partial charge >= 0.3 is 0 Å². The molecule has 0 radical (unpaired) electrons. The standard InChI is InChI=1S/C30H36N2O6S/c1-22-10-6-9-15-27(22)30(34)31-28(20-23-11-4-3-5-12-23)29(33)21-32(38-25-13-7-8-14-25)39(35,36)26-18-16-24(37-2)17-19-26/h3-6,9-12,15-19,25,28-29,33H,7-8,13-14,20-21H2,1-2H3,(H,31,34)/t28-,29+/m0/s1. The molecule has 0 aromatic heterocycles.